The number of piperidine rings is 1. The van der Waals surface area contributed by atoms with Crippen LogP contribution in [0.25, 0.3) is 10.9 Å². The topological polar surface area (TPSA) is 77.3 Å². The summed E-state index contributed by atoms with van der Waals surface area (Å²) >= 11 is 13.2. The molecule has 11 heteroatoms. The molecule has 1 aromatic carbocycles. The minimum atomic E-state index is -0.994. The normalized spacial score (nSPS) is 24.8. The fourth-order valence-electron chi connectivity index (χ4n) is 5.04. The molecule has 8 nitrogen and oxygen atoms in total. The Balaban J connectivity index is 1.21. The molecule has 3 fully saturated rings. The van der Waals surface area contributed by atoms with Crippen LogP contribution in [0.5, 0.6) is 0 Å². The van der Waals surface area contributed by atoms with Gasteiger partial charge >= 0.3 is 0 Å². The van der Waals surface area contributed by atoms with Gasteiger partial charge in [0.15, 0.2) is 5.15 Å². The highest BCUT2D eigenvalue weighted by Gasteiger charge is 2.37. The van der Waals surface area contributed by atoms with Gasteiger partial charge in [-0.15, -0.1) is 0 Å². The quantitative estimate of drug-likeness (QED) is 0.514. The maximum atomic E-state index is 15.2. The fraction of sp³-hybridized carbons (Fsp3) is 0.542. The predicted molar refractivity (Wildman–Crippen MR) is 132 cm³/mol. The highest BCUT2D eigenvalue weighted by molar-refractivity contribution is 6.32. The van der Waals surface area contributed by atoms with Gasteiger partial charge in [-0.3, -0.25) is 9.58 Å². The van der Waals surface area contributed by atoms with Gasteiger partial charge in [0.05, 0.1) is 56.4 Å². The van der Waals surface area contributed by atoms with Gasteiger partial charge in [0, 0.05) is 34.5 Å². The largest absolute Gasteiger partial charge is 0.380 e. The molecular weight excluding hydrogens is 494 g/mol. The Bertz CT molecular complexity index is 1250. The molecule has 0 aliphatic carbocycles. The van der Waals surface area contributed by atoms with Gasteiger partial charge in [-0.2, -0.15) is 5.10 Å². The summed E-state index contributed by atoms with van der Waals surface area (Å²) in [7, 11) is 0. The van der Waals surface area contributed by atoms with E-state index in [9.17, 15) is 0 Å². The van der Waals surface area contributed by atoms with Crippen molar-refractivity contribution >= 4 is 45.7 Å². The Morgan fingerprint density at radius 2 is 2.03 bits per heavy atom. The summed E-state index contributed by atoms with van der Waals surface area (Å²) in [6.45, 7) is 6.82. The van der Waals surface area contributed by atoms with Gasteiger partial charge in [-0.05, 0) is 30.7 Å². The number of benzene rings is 1. The summed E-state index contributed by atoms with van der Waals surface area (Å²) in [6, 6.07) is 4.05. The van der Waals surface area contributed by atoms with Crippen LogP contribution in [-0.2, 0) is 16.0 Å². The minimum Gasteiger partial charge on any atom is -0.380 e. The Labute approximate surface area is 212 Å². The molecule has 2 aromatic heterocycles. The molecule has 5 heterocycles. The summed E-state index contributed by atoms with van der Waals surface area (Å²) in [6.07, 6.45) is 3.09. The molecule has 2 atom stereocenters. The van der Waals surface area contributed by atoms with Crippen molar-refractivity contribution in [1.29, 1.82) is 0 Å². The van der Waals surface area contributed by atoms with E-state index < -0.39 is 6.17 Å². The summed E-state index contributed by atoms with van der Waals surface area (Å²) in [5.41, 5.74) is 2.16. The fourth-order valence-corrected chi connectivity index (χ4v) is 5.56. The summed E-state index contributed by atoms with van der Waals surface area (Å²) in [5, 5.41) is 9.40. The standard InChI is InChI=1S/C24H27Cl2FN6O2/c1-24(12-35-13-24)11-33-22(26)21(7-29-33)31-23-28-6-14-4-18(25)17(5-20(14)30-23)16-2-3-32(8-19(16)27)15-9-34-10-15/h4-7,15-16,19H,2-3,8-13H2,1H3,(H,28,30,31)/t16-,19+/m0/s1. The number of nitrogens with zero attached hydrogens (tertiary/aromatic N) is 5. The monoisotopic (exact) mass is 520 g/mol. The number of alkyl halides is 1. The van der Waals surface area contributed by atoms with E-state index in [1.807, 2.05) is 12.1 Å². The molecule has 1 N–H and O–H groups in total. The van der Waals surface area contributed by atoms with E-state index in [2.05, 4.69) is 32.2 Å². The number of hydrogen-bond donors (Lipinski definition) is 1. The summed E-state index contributed by atoms with van der Waals surface area (Å²) < 4.78 is 27.6. The Kier molecular flexibility index (Phi) is 6.09. The van der Waals surface area contributed by atoms with E-state index >= 15 is 4.39 Å². The van der Waals surface area contributed by atoms with Crippen LogP contribution in [0.15, 0.2) is 24.5 Å². The number of fused-ring (bicyclic) bond motifs is 1. The molecule has 0 amide bonds. The van der Waals surface area contributed by atoms with Crippen molar-refractivity contribution in [2.75, 3.05) is 44.8 Å². The zero-order valence-corrected chi connectivity index (χ0v) is 20.9. The Morgan fingerprint density at radius 1 is 1.20 bits per heavy atom. The average Bonchev–Trinajstić information content (AvgIpc) is 3.10. The van der Waals surface area contributed by atoms with Gasteiger partial charge in [0.25, 0.3) is 0 Å². The number of likely N-dealkylation sites (tertiary alicyclic amines) is 1. The lowest BCUT2D eigenvalue weighted by atomic mass is 9.86. The molecule has 3 aliphatic heterocycles. The van der Waals surface area contributed by atoms with Crippen LogP contribution < -0.4 is 5.32 Å². The van der Waals surface area contributed by atoms with E-state index in [1.54, 1.807) is 17.1 Å². The van der Waals surface area contributed by atoms with Crippen molar-refractivity contribution in [2.24, 2.45) is 5.41 Å². The predicted octanol–water partition coefficient (Wildman–Crippen LogP) is 4.44. The SMILES string of the molecule is CC1(Cn2ncc(Nc3ncc4cc(Cl)c([C@@H]5CCN(C6COC6)C[C@H]5F)cc4n3)c2Cl)COC1. The molecule has 3 aromatic rings. The third-order valence-corrected chi connectivity index (χ3v) is 7.99. The van der Waals surface area contributed by atoms with Crippen LogP contribution in [0.2, 0.25) is 10.2 Å². The number of halogens is 3. The number of ether oxygens (including phenoxy) is 2. The lowest BCUT2D eigenvalue weighted by Gasteiger charge is -2.43. The molecule has 0 spiro atoms. The molecule has 3 saturated heterocycles. The average molecular weight is 521 g/mol. The minimum absolute atomic E-state index is 0.0398. The Hall–Kier alpha value is -2.04. The number of aromatic nitrogens is 4. The number of hydrogen-bond acceptors (Lipinski definition) is 7. The van der Waals surface area contributed by atoms with Crippen molar-refractivity contribution in [3.8, 4) is 0 Å². The molecule has 186 valence electrons. The number of rotatable bonds is 6. The molecule has 0 bridgehead atoms. The maximum absolute atomic E-state index is 15.2. The lowest BCUT2D eigenvalue weighted by molar-refractivity contribution is -0.111. The smallest absolute Gasteiger partial charge is 0.227 e. The third kappa shape index (κ3) is 4.49. The van der Waals surface area contributed by atoms with Crippen LogP contribution in [0.3, 0.4) is 0 Å². The van der Waals surface area contributed by atoms with Gasteiger partial charge in [0.1, 0.15) is 6.17 Å². The Morgan fingerprint density at radius 3 is 2.71 bits per heavy atom. The lowest BCUT2D eigenvalue weighted by Crippen LogP contribution is -2.54. The number of anilines is 2. The van der Waals surface area contributed by atoms with Crippen LogP contribution >= 0.6 is 23.2 Å². The first kappa shape index (κ1) is 23.4. The van der Waals surface area contributed by atoms with Gasteiger partial charge < -0.3 is 14.8 Å². The van der Waals surface area contributed by atoms with Gasteiger partial charge in [-0.1, -0.05) is 30.1 Å². The van der Waals surface area contributed by atoms with E-state index in [-0.39, 0.29) is 11.3 Å². The maximum Gasteiger partial charge on any atom is 0.227 e. The first-order chi connectivity index (χ1) is 16.9. The molecule has 3 aliphatic rings. The van der Waals surface area contributed by atoms with Crippen LogP contribution in [0, 0.1) is 5.41 Å². The number of nitrogens with one attached hydrogen (secondary N) is 1. The van der Waals surface area contributed by atoms with E-state index in [1.165, 1.54) is 0 Å². The summed E-state index contributed by atoms with van der Waals surface area (Å²) in [4.78, 5) is 11.3. The van der Waals surface area contributed by atoms with Crippen molar-refractivity contribution in [3.05, 3.63) is 40.3 Å². The van der Waals surface area contributed by atoms with E-state index in [0.29, 0.717) is 79.3 Å². The van der Waals surface area contributed by atoms with Crippen molar-refractivity contribution < 1.29 is 13.9 Å². The van der Waals surface area contributed by atoms with Gasteiger partial charge in [-0.25, -0.2) is 14.4 Å². The molecule has 35 heavy (non-hydrogen) atoms. The molecule has 0 saturated carbocycles. The first-order valence-corrected chi connectivity index (χ1v) is 12.6. The highest BCUT2D eigenvalue weighted by Crippen LogP contribution is 2.38. The third-order valence-electron chi connectivity index (χ3n) is 7.26. The highest BCUT2D eigenvalue weighted by atomic mass is 35.5. The molecule has 0 radical (unpaired) electrons. The van der Waals surface area contributed by atoms with E-state index in [4.69, 9.17) is 32.7 Å². The second-order valence-corrected chi connectivity index (χ2v) is 10.9. The van der Waals surface area contributed by atoms with Crippen molar-refractivity contribution in [3.63, 3.8) is 0 Å². The second-order valence-electron chi connectivity index (χ2n) is 10.2. The van der Waals surface area contributed by atoms with Crippen molar-refractivity contribution in [1.82, 2.24) is 24.6 Å². The second kappa shape index (κ2) is 9.12. The molecular formula is C24H27Cl2FN6O2. The zero-order valence-electron chi connectivity index (χ0n) is 19.4. The van der Waals surface area contributed by atoms with Gasteiger partial charge in [0.2, 0.25) is 5.95 Å². The first-order valence-electron chi connectivity index (χ1n) is 11.9. The molecule has 6 rings (SSSR count). The van der Waals surface area contributed by atoms with Crippen LogP contribution in [0.4, 0.5) is 16.0 Å². The zero-order chi connectivity index (χ0) is 24.2. The van der Waals surface area contributed by atoms with Crippen LogP contribution in [-0.4, -0.2) is 76.4 Å². The molecule has 0 unspecified atom stereocenters. The summed E-state index contributed by atoms with van der Waals surface area (Å²) in [5.74, 6) is 0.127. The van der Waals surface area contributed by atoms with Crippen molar-refractivity contribution in [2.45, 2.75) is 38.0 Å². The van der Waals surface area contributed by atoms with E-state index in [0.717, 1.165) is 17.5 Å². The van der Waals surface area contributed by atoms with Crippen LogP contribution in [0.1, 0.15) is 24.8 Å².